The highest BCUT2D eigenvalue weighted by Gasteiger charge is 2.35. The molecule has 1 atom stereocenters. The SMILES string of the molecule is COc1ccc2c(c1)C(N)(CC(=O)O)CCC2. The van der Waals surface area contributed by atoms with Gasteiger partial charge in [-0.3, -0.25) is 4.79 Å². The molecule has 0 saturated carbocycles. The predicted molar refractivity (Wildman–Crippen MR) is 64.1 cm³/mol. The van der Waals surface area contributed by atoms with E-state index in [0.717, 1.165) is 29.7 Å². The molecule has 1 aromatic carbocycles. The summed E-state index contributed by atoms with van der Waals surface area (Å²) in [4.78, 5) is 10.9. The van der Waals surface area contributed by atoms with E-state index in [1.165, 1.54) is 0 Å². The van der Waals surface area contributed by atoms with Crippen LogP contribution in [-0.2, 0) is 16.8 Å². The van der Waals surface area contributed by atoms with Crippen LogP contribution in [0.1, 0.15) is 30.4 Å². The third kappa shape index (κ3) is 2.26. The summed E-state index contributed by atoms with van der Waals surface area (Å²) in [6, 6.07) is 5.75. The molecule has 0 heterocycles. The van der Waals surface area contributed by atoms with Crippen molar-refractivity contribution in [2.45, 2.75) is 31.2 Å². The van der Waals surface area contributed by atoms with E-state index in [2.05, 4.69) is 0 Å². The lowest BCUT2D eigenvalue weighted by Crippen LogP contribution is -2.42. The number of carboxylic acids is 1. The molecule has 0 radical (unpaired) electrons. The number of carbonyl (C=O) groups is 1. The number of hydrogen-bond donors (Lipinski definition) is 2. The molecular weight excluding hydrogens is 218 g/mol. The maximum Gasteiger partial charge on any atom is 0.305 e. The lowest BCUT2D eigenvalue weighted by Gasteiger charge is -2.34. The molecule has 0 aromatic heterocycles. The molecule has 92 valence electrons. The molecule has 0 spiro atoms. The summed E-state index contributed by atoms with van der Waals surface area (Å²) in [5.41, 5.74) is 7.56. The normalized spacial score (nSPS) is 22.9. The van der Waals surface area contributed by atoms with Crippen LogP contribution in [0, 0.1) is 0 Å². The molecule has 1 aromatic rings. The van der Waals surface area contributed by atoms with Crippen molar-refractivity contribution in [1.82, 2.24) is 0 Å². The van der Waals surface area contributed by atoms with Crippen LogP contribution in [0.3, 0.4) is 0 Å². The highest BCUT2D eigenvalue weighted by Crippen LogP contribution is 2.37. The van der Waals surface area contributed by atoms with E-state index in [0.29, 0.717) is 6.42 Å². The maximum absolute atomic E-state index is 10.9. The monoisotopic (exact) mass is 235 g/mol. The van der Waals surface area contributed by atoms with Crippen LogP contribution in [-0.4, -0.2) is 18.2 Å². The first-order chi connectivity index (χ1) is 8.05. The molecule has 3 N–H and O–H groups in total. The summed E-state index contributed by atoms with van der Waals surface area (Å²) in [5.74, 6) is -0.131. The van der Waals surface area contributed by atoms with Crippen molar-refractivity contribution >= 4 is 5.97 Å². The summed E-state index contributed by atoms with van der Waals surface area (Å²) in [6.45, 7) is 0. The van der Waals surface area contributed by atoms with Gasteiger partial charge in [0.15, 0.2) is 0 Å². The molecule has 2 rings (SSSR count). The van der Waals surface area contributed by atoms with E-state index in [-0.39, 0.29) is 6.42 Å². The molecule has 1 aliphatic carbocycles. The zero-order chi connectivity index (χ0) is 12.5. The van der Waals surface area contributed by atoms with Crippen LogP contribution in [0.5, 0.6) is 5.75 Å². The van der Waals surface area contributed by atoms with Crippen LogP contribution in [0.25, 0.3) is 0 Å². The van der Waals surface area contributed by atoms with Gasteiger partial charge in [-0.15, -0.1) is 0 Å². The molecule has 0 saturated heterocycles. The summed E-state index contributed by atoms with van der Waals surface area (Å²) in [7, 11) is 1.60. The van der Waals surface area contributed by atoms with Gasteiger partial charge in [0.1, 0.15) is 5.75 Å². The first-order valence-corrected chi connectivity index (χ1v) is 5.73. The number of benzene rings is 1. The Morgan fingerprint density at radius 3 is 3.00 bits per heavy atom. The second-order valence-electron chi connectivity index (χ2n) is 4.60. The van der Waals surface area contributed by atoms with E-state index in [9.17, 15) is 4.79 Å². The number of nitrogens with two attached hydrogens (primary N) is 1. The number of ether oxygens (including phenoxy) is 1. The molecule has 4 nitrogen and oxygen atoms in total. The number of methoxy groups -OCH3 is 1. The third-order valence-electron chi connectivity index (χ3n) is 3.39. The molecule has 0 aliphatic heterocycles. The van der Waals surface area contributed by atoms with Crippen LogP contribution in [0.15, 0.2) is 18.2 Å². The number of aryl methyl sites for hydroxylation is 1. The van der Waals surface area contributed by atoms with Crippen molar-refractivity contribution in [2.24, 2.45) is 5.73 Å². The topological polar surface area (TPSA) is 72.5 Å². The minimum absolute atomic E-state index is 0.0346. The second kappa shape index (κ2) is 4.37. The fraction of sp³-hybridized carbons (Fsp3) is 0.462. The molecular formula is C13H17NO3. The lowest BCUT2D eigenvalue weighted by atomic mass is 9.75. The Hall–Kier alpha value is -1.55. The van der Waals surface area contributed by atoms with Gasteiger partial charge in [0.25, 0.3) is 0 Å². The van der Waals surface area contributed by atoms with Crippen molar-refractivity contribution in [3.8, 4) is 5.75 Å². The smallest absolute Gasteiger partial charge is 0.305 e. The minimum Gasteiger partial charge on any atom is -0.497 e. The summed E-state index contributed by atoms with van der Waals surface area (Å²) in [5, 5.41) is 8.97. The van der Waals surface area contributed by atoms with Gasteiger partial charge in [-0.05, 0) is 42.5 Å². The first-order valence-electron chi connectivity index (χ1n) is 5.73. The van der Waals surface area contributed by atoms with Gasteiger partial charge in [-0.1, -0.05) is 6.07 Å². The quantitative estimate of drug-likeness (QED) is 0.835. The zero-order valence-electron chi connectivity index (χ0n) is 9.90. The number of hydrogen-bond acceptors (Lipinski definition) is 3. The van der Waals surface area contributed by atoms with Gasteiger partial charge in [-0.2, -0.15) is 0 Å². The Bertz CT molecular complexity index is 444. The largest absolute Gasteiger partial charge is 0.497 e. The minimum atomic E-state index is -0.858. The van der Waals surface area contributed by atoms with Crippen molar-refractivity contribution in [2.75, 3.05) is 7.11 Å². The number of carboxylic acid groups (broad SMARTS) is 1. The number of fused-ring (bicyclic) bond motifs is 1. The van der Waals surface area contributed by atoms with E-state index in [1.54, 1.807) is 7.11 Å². The molecule has 1 aliphatic rings. The van der Waals surface area contributed by atoms with Gasteiger partial charge in [0.2, 0.25) is 0 Å². The Labute approximate surface area is 100 Å². The predicted octanol–water partition coefficient (Wildman–Crippen LogP) is 1.66. The highest BCUT2D eigenvalue weighted by molar-refractivity contribution is 5.69. The van der Waals surface area contributed by atoms with Crippen LogP contribution >= 0.6 is 0 Å². The van der Waals surface area contributed by atoms with Crippen molar-refractivity contribution in [1.29, 1.82) is 0 Å². The lowest BCUT2D eigenvalue weighted by molar-refractivity contribution is -0.138. The average Bonchev–Trinajstić information content (AvgIpc) is 2.28. The average molecular weight is 235 g/mol. The van der Waals surface area contributed by atoms with Gasteiger partial charge >= 0.3 is 5.97 Å². The van der Waals surface area contributed by atoms with Gasteiger partial charge in [0, 0.05) is 0 Å². The summed E-state index contributed by atoms with van der Waals surface area (Å²) >= 11 is 0. The van der Waals surface area contributed by atoms with Crippen LogP contribution in [0.2, 0.25) is 0 Å². The van der Waals surface area contributed by atoms with Crippen LogP contribution < -0.4 is 10.5 Å². The van der Waals surface area contributed by atoms with Gasteiger partial charge < -0.3 is 15.6 Å². The summed E-state index contributed by atoms with van der Waals surface area (Å²) < 4.78 is 5.18. The second-order valence-corrected chi connectivity index (χ2v) is 4.60. The molecule has 1 unspecified atom stereocenters. The molecule has 0 amide bonds. The third-order valence-corrected chi connectivity index (χ3v) is 3.39. The summed E-state index contributed by atoms with van der Waals surface area (Å²) in [6.07, 6.45) is 2.56. The molecule has 4 heteroatoms. The van der Waals surface area contributed by atoms with Crippen molar-refractivity contribution in [3.63, 3.8) is 0 Å². The molecule has 17 heavy (non-hydrogen) atoms. The fourth-order valence-electron chi connectivity index (χ4n) is 2.55. The first kappa shape index (κ1) is 11.9. The maximum atomic E-state index is 10.9. The van der Waals surface area contributed by atoms with E-state index in [1.807, 2.05) is 18.2 Å². The Morgan fingerprint density at radius 1 is 1.59 bits per heavy atom. The Morgan fingerprint density at radius 2 is 2.35 bits per heavy atom. The number of rotatable bonds is 3. The van der Waals surface area contributed by atoms with Gasteiger partial charge in [-0.25, -0.2) is 0 Å². The Kier molecular flexibility index (Phi) is 3.07. The van der Waals surface area contributed by atoms with E-state index >= 15 is 0 Å². The highest BCUT2D eigenvalue weighted by atomic mass is 16.5. The molecule has 0 fully saturated rings. The standard InChI is InChI=1S/C13H17NO3/c1-17-10-5-4-9-3-2-6-13(14,8-12(15)16)11(9)7-10/h4-5,7H,2-3,6,8,14H2,1H3,(H,15,16). The van der Waals surface area contributed by atoms with Crippen molar-refractivity contribution < 1.29 is 14.6 Å². The van der Waals surface area contributed by atoms with E-state index < -0.39 is 11.5 Å². The zero-order valence-corrected chi connectivity index (χ0v) is 9.90. The van der Waals surface area contributed by atoms with E-state index in [4.69, 9.17) is 15.6 Å². The number of aliphatic carboxylic acids is 1. The Balaban J connectivity index is 2.44. The van der Waals surface area contributed by atoms with Crippen molar-refractivity contribution in [3.05, 3.63) is 29.3 Å². The fourth-order valence-corrected chi connectivity index (χ4v) is 2.55. The van der Waals surface area contributed by atoms with Crippen LogP contribution in [0.4, 0.5) is 0 Å². The molecule has 0 bridgehead atoms. The van der Waals surface area contributed by atoms with Gasteiger partial charge in [0.05, 0.1) is 19.1 Å².